The van der Waals surface area contributed by atoms with E-state index in [2.05, 4.69) is 11.4 Å². The smallest absolute Gasteiger partial charge is 0.414 e. The minimum atomic E-state index is -0.319. The molecule has 5 heteroatoms. The van der Waals surface area contributed by atoms with Crippen LogP contribution in [0.15, 0.2) is 24.3 Å². The molecule has 94 valence electrons. The number of nitriles is 1. The number of cyclic esters (lactones) is 1. The number of carbonyl (C=O) groups excluding carboxylic acids is 1. The van der Waals surface area contributed by atoms with E-state index in [9.17, 15) is 4.79 Å². The van der Waals surface area contributed by atoms with E-state index in [4.69, 9.17) is 10.00 Å². The Bertz CT molecular complexity index is 464. The van der Waals surface area contributed by atoms with Crippen LogP contribution >= 0.6 is 0 Å². The summed E-state index contributed by atoms with van der Waals surface area (Å²) in [5, 5.41) is 11.8. The molecule has 1 aromatic rings. The van der Waals surface area contributed by atoms with E-state index in [-0.39, 0.29) is 12.1 Å². The molecule has 0 spiro atoms. The molecule has 1 saturated heterocycles. The van der Waals surface area contributed by atoms with Crippen molar-refractivity contribution in [3.8, 4) is 6.07 Å². The zero-order valence-corrected chi connectivity index (χ0v) is 10.2. The van der Waals surface area contributed by atoms with Crippen molar-refractivity contribution in [2.45, 2.75) is 12.5 Å². The van der Waals surface area contributed by atoms with Gasteiger partial charge in [-0.25, -0.2) is 4.79 Å². The molecule has 2 rings (SSSR count). The van der Waals surface area contributed by atoms with Crippen LogP contribution in [0.2, 0.25) is 0 Å². The Kier molecular flexibility index (Phi) is 3.80. The van der Waals surface area contributed by atoms with Gasteiger partial charge in [-0.2, -0.15) is 5.26 Å². The van der Waals surface area contributed by atoms with Gasteiger partial charge >= 0.3 is 6.09 Å². The van der Waals surface area contributed by atoms with Crippen LogP contribution in [-0.4, -0.2) is 32.3 Å². The molecule has 1 fully saturated rings. The van der Waals surface area contributed by atoms with Gasteiger partial charge in [-0.1, -0.05) is 0 Å². The summed E-state index contributed by atoms with van der Waals surface area (Å²) < 4.78 is 5.08. The number of hydrogen-bond acceptors (Lipinski definition) is 4. The van der Waals surface area contributed by atoms with E-state index in [0.29, 0.717) is 12.2 Å². The highest BCUT2D eigenvalue weighted by atomic mass is 16.6. The summed E-state index contributed by atoms with van der Waals surface area (Å²) >= 11 is 0. The van der Waals surface area contributed by atoms with Crippen molar-refractivity contribution >= 4 is 11.8 Å². The lowest BCUT2D eigenvalue weighted by Gasteiger charge is -2.21. The van der Waals surface area contributed by atoms with Crippen molar-refractivity contribution in [2.75, 3.05) is 25.1 Å². The number of nitrogens with zero attached hydrogens (tertiary/aromatic N) is 2. The fourth-order valence-electron chi connectivity index (χ4n) is 2.00. The molecule has 1 amide bonds. The highest BCUT2D eigenvalue weighted by Crippen LogP contribution is 2.24. The topological polar surface area (TPSA) is 65.4 Å². The van der Waals surface area contributed by atoms with E-state index < -0.39 is 0 Å². The van der Waals surface area contributed by atoms with Gasteiger partial charge in [0.15, 0.2) is 0 Å². The number of ether oxygens (including phenoxy) is 1. The molecule has 1 heterocycles. The summed E-state index contributed by atoms with van der Waals surface area (Å²) in [6.45, 7) is 1.24. The summed E-state index contributed by atoms with van der Waals surface area (Å²) in [6, 6.07) is 9.07. The molecule has 1 aromatic carbocycles. The molecule has 0 aliphatic carbocycles. The predicted molar refractivity (Wildman–Crippen MR) is 67.3 cm³/mol. The van der Waals surface area contributed by atoms with Crippen LogP contribution in [0.1, 0.15) is 12.0 Å². The van der Waals surface area contributed by atoms with Gasteiger partial charge < -0.3 is 10.1 Å². The van der Waals surface area contributed by atoms with Crippen LogP contribution in [0, 0.1) is 11.3 Å². The molecule has 0 saturated carbocycles. The lowest BCUT2D eigenvalue weighted by Crippen LogP contribution is -2.35. The SMILES string of the molecule is CNCCC1COC(=O)N1c1ccc(C#N)cc1. The average Bonchev–Trinajstić information content (AvgIpc) is 2.77. The molecule has 0 bridgehead atoms. The monoisotopic (exact) mass is 245 g/mol. The molecular formula is C13H15N3O2. The van der Waals surface area contributed by atoms with Crippen LogP contribution in [0.4, 0.5) is 10.5 Å². The number of anilines is 1. The van der Waals surface area contributed by atoms with Gasteiger partial charge in [0.05, 0.1) is 17.7 Å². The average molecular weight is 245 g/mol. The first kappa shape index (κ1) is 12.4. The molecule has 5 nitrogen and oxygen atoms in total. The Labute approximate surface area is 106 Å². The zero-order valence-electron chi connectivity index (χ0n) is 10.2. The summed E-state index contributed by atoms with van der Waals surface area (Å²) in [4.78, 5) is 13.4. The van der Waals surface area contributed by atoms with Crippen LogP contribution in [0.5, 0.6) is 0 Å². The first-order valence-corrected chi connectivity index (χ1v) is 5.87. The first-order valence-electron chi connectivity index (χ1n) is 5.87. The maximum Gasteiger partial charge on any atom is 0.414 e. The highest BCUT2D eigenvalue weighted by molar-refractivity contribution is 5.90. The Hall–Kier alpha value is -2.06. The number of hydrogen-bond donors (Lipinski definition) is 1. The summed E-state index contributed by atoms with van der Waals surface area (Å²) in [6.07, 6.45) is 0.517. The van der Waals surface area contributed by atoms with Crippen LogP contribution in [-0.2, 0) is 4.74 Å². The highest BCUT2D eigenvalue weighted by Gasteiger charge is 2.33. The van der Waals surface area contributed by atoms with Gasteiger partial charge in [-0.3, -0.25) is 4.90 Å². The largest absolute Gasteiger partial charge is 0.447 e. The van der Waals surface area contributed by atoms with Gasteiger partial charge in [0.25, 0.3) is 0 Å². The summed E-state index contributed by atoms with van der Waals surface area (Å²) in [5.74, 6) is 0. The normalized spacial score (nSPS) is 18.6. The second-order valence-corrected chi connectivity index (χ2v) is 4.15. The molecule has 1 aliphatic heterocycles. The molecule has 18 heavy (non-hydrogen) atoms. The third-order valence-corrected chi connectivity index (χ3v) is 2.96. The summed E-state index contributed by atoms with van der Waals surface area (Å²) in [7, 11) is 1.88. The van der Waals surface area contributed by atoms with E-state index in [1.165, 1.54) is 0 Å². The van der Waals surface area contributed by atoms with Gasteiger partial charge in [0.2, 0.25) is 0 Å². The fourth-order valence-corrected chi connectivity index (χ4v) is 2.00. The van der Waals surface area contributed by atoms with Crippen molar-refractivity contribution < 1.29 is 9.53 Å². The number of carbonyl (C=O) groups is 1. The lowest BCUT2D eigenvalue weighted by atomic mass is 10.1. The van der Waals surface area contributed by atoms with Gasteiger partial charge in [-0.05, 0) is 44.3 Å². The van der Waals surface area contributed by atoms with E-state index in [1.807, 2.05) is 7.05 Å². The number of nitrogens with one attached hydrogen (secondary N) is 1. The van der Waals surface area contributed by atoms with Gasteiger partial charge in [0, 0.05) is 5.69 Å². The molecule has 1 unspecified atom stereocenters. The van der Waals surface area contributed by atoms with Crippen molar-refractivity contribution in [2.24, 2.45) is 0 Å². The standard InChI is InChI=1S/C13H15N3O2/c1-15-7-6-12-9-18-13(17)16(12)11-4-2-10(8-14)3-5-11/h2-5,12,15H,6-7,9H2,1H3. The van der Waals surface area contributed by atoms with Crippen molar-refractivity contribution in [3.05, 3.63) is 29.8 Å². The predicted octanol–water partition coefficient (Wildman–Crippen LogP) is 1.49. The quantitative estimate of drug-likeness (QED) is 0.872. The van der Waals surface area contributed by atoms with Gasteiger partial charge in [-0.15, -0.1) is 0 Å². The number of benzene rings is 1. The van der Waals surface area contributed by atoms with Crippen LogP contribution in [0.25, 0.3) is 0 Å². The third-order valence-electron chi connectivity index (χ3n) is 2.96. The van der Waals surface area contributed by atoms with E-state index in [0.717, 1.165) is 18.7 Å². The Balaban J connectivity index is 2.17. The van der Waals surface area contributed by atoms with Crippen molar-refractivity contribution in [1.82, 2.24) is 5.32 Å². The maximum atomic E-state index is 11.7. The summed E-state index contributed by atoms with van der Waals surface area (Å²) in [5.41, 5.74) is 1.36. The maximum absolute atomic E-state index is 11.7. The second kappa shape index (κ2) is 5.52. The van der Waals surface area contributed by atoms with E-state index >= 15 is 0 Å². The second-order valence-electron chi connectivity index (χ2n) is 4.15. The zero-order chi connectivity index (χ0) is 13.0. The van der Waals surface area contributed by atoms with Crippen molar-refractivity contribution in [1.29, 1.82) is 5.26 Å². The Morgan fingerprint density at radius 1 is 1.50 bits per heavy atom. The van der Waals surface area contributed by atoms with Gasteiger partial charge in [0.1, 0.15) is 6.61 Å². The minimum Gasteiger partial charge on any atom is -0.447 e. The molecular weight excluding hydrogens is 230 g/mol. The van der Waals surface area contributed by atoms with Crippen LogP contribution < -0.4 is 10.2 Å². The Morgan fingerprint density at radius 2 is 2.22 bits per heavy atom. The van der Waals surface area contributed by atoms with Crippen LogP contribution in [0.3, 0.4) is 0 Å². The first-order chi connectivity index (χ1) is 8.76. The fraction of sp³-hybridized carbons (Fsp3) is 0.385. The Morgan fingerprint density at radius 3 is 2.83 bits per heavy atom. The number of rotatable bonds is 4. The van der Waals surface area contributed by atoms with E-state index in [1.54, 1.807) is 29.2 Å². The number of amides is 1. The third kappa shape index (κ3) is 2.44. The van der Waals surface area contributed by atoms with Crippen molar-refractivity contribution in [3.63, 3.8) is 0 Å². The molecule has 1 aliphatic rings. The molecule has 0 aromatic heterocycles. The minimum absolute atomic E-state index is 0.0536. The molecule has 1 N–H and O–H groups in total. The molecule has 0 radical (unpaired) electrons. The molecule has 1 atom stereocenters. The lowest BCUT2D eigenvalue weighted by molar-refractivity contribution is 0.178.